The molecule has 0 rings (SSSR count). The monoisotopic (exact) mass is 287 g/mol. The van der Waals surface area contributed by atoms with Crippen LogP contribution in [0.15, 0.2) is 0 Å². The summed E-state index contributed by atoms with van der Waals surface area (Å²) in [5.74, 6) is -0.338. The minimum atomic E-state index is -3.48. The first kappa shape index (κ1) is 16.8. The zero-order valence-electron chi connectivity index (χ0n) is 10.4. The third kappa shape index (κ3) is 5.77. The van der Waals surface area contributed by atoms with Gasteiger partial charge in [-0.2, -0.15) is 0 Å². The lowest BCUT2D eigenvalue weighted by Crippen LogP contribution is -2.43. The van der Waals surface area contributed by atoms with Crippen LogP contribution in [0.5, 0.6) is 0 Å². The van der Waals surface area contributed by atoms with E-state index in [4.69, 9.17) is 5.73 Å². The molecule has 0 spiro atoms. The number of likely N-dealkylation sites (N-methyl/N-ethyl adjacent to an activating group) is 1. The Hall–Kier alpha value is -0.220. The lowest BCUT2D eigenvalue weighted by atomic mass is 10.4. The van der Waals surface area contributed by atoms with Gasteiger partial charge >= 0.3 is 0 Å². The summed E-state index contributed by atoms with van der Waals surface area (Å²) < 4.78 is 49.1. The molecule has 1 unspecified atom stereocenters. The van der Waals surface area contributed by atoms with Crippen LogP contribution in [0.1, 0.15) is 13.8 Å². The summed E-state index contributed by atoms with van der Waals surface area (Å²) in [5, 5.41) is 0. The van der Waals surface area contributed by atoms with Gasteiger partial charge in [0.15, 0.2) is 0 Å². The molecule has 0 aromatic rings. The van der Waals surface area contributed by atoms with Crippen LogP contribution in [0.3, 0.4) is 0 Å². The lowest BCUT2D eigenvalue weighted by Gasteiger charge is -2.22. The molecule has 9 heteroatoms. The van der Waals surface area contributed by atoms with Crippen molar-refractivity contribution in [3.05, 3.63) is 0 Å². The molecule has 0 fully saturated rings. The predicted octanol–water partition coefficient (Wildman–Crippen LogP) is -1.47. The fraction of sp³-hybridized carbons (Fsp3) is 1.00. The number of hydrogen-bond acceptors (Lipinski definition) is 5. The third-order valence-corrected chi connectivity index (χ3v) is 5.82. The van der Waals surface area contributed by atoms with Crippen LogP contribution in [0.25, 0.3) is 0 Å². The molecular formula is C8H21N3O4S2. The highest BCUT2D eigenvalue weighted by molar-refractivity contribution is 7.90. The van der Waals surface area contributed by atoms with Gasteiger partial charge in [-0.15, -0.1) is 0 Å². The Morgan fingerprint density at radius 3 is 2.24 bits per heavy atom. The average Bonchev–Trinajstić information content (AvgIpc) is 2.26. The van der Waals surface area contributed by atoms with Crippen LogP contribution in [0.2, 0.25) is 0 Å². The maximum absolute atomic E-state index is 11.7. The summed E-state index contributed by atoms with van der Waals surface area (Å²) in [6.07, 6.45) is 0. The fourth-order valence-corrected chi connectivity index (χ4v) is 3.02. The van der Waals surface area contributed by atoms with Crippen molar-refractivity contribution in [3.63, 3.8) is 0 Å². The minimum absolute atomic E-state index is 0.0674. The van der Waals surface area contributed by atoms with Crippen molar-refractivity contribution < 1.29 is 16.8 Å². The molecule has 17 heavy (non-hydrogen) atoms. The first-order valence-electron chi connectivity index (χ1n) is 5.29. The molecule has 1 atom stereocenters. The van der Waals surface area contributed by atoms with E-state index in [0.717, 1.165) is 4.31 Å². The number of nitrogens with two attached hydrogens (primary N) is 1. The van der Waals surface area contributed by atoms with E-state index in [1.165, 1.54) is 14.0 Å². The zero-order chi connectivity index (χ0) is 13.7. The third-order valence-electron chi connectivity index (χ3n) is 2.46. The zero-order valence-corrected chi connectivity index (χ0v) is 12.0. The highest BCUT2D eigenvalue weighted by atomic mass is 32.2. The van der Waals surface area contributed by atoms with E-state index in [2.05, 4.69) is 4.72 Å². The van der Waals surface area contributed by atoms with E-state index >= 15 is 0 Å². The normalized spacial score (nSPS) is 15.1. The van der Waals surface area contributed by atoms with Gasteiger partial charge in [0.2, 0.25) is 20.0 Å². The van der Waals surface area contributed by atoms with Crippen LogP contribution in [0.4, 0.5) is 0 Å². The van der Waals surface area contributed by atoms with E-state index in [0.29, 0.717) is 0 Å². The summed E-state index contributed by atoms with van der Waals surface area (Å²) >= 11 is 0. The number of nitrogens with zero attached hydrogens (tertiary/aromatic N) is 1. The number of hydrogen-bond donors (Lipinski definition) is 2. The average molecular weight is 287 g/mol. The van der Waals surface area contributed by atoms with Crippen molar-refractivity contribution >= 4 is 20.0 Å². The highest BCUT2D eigenvalue weighted by Crippen LogP contribution is 2.03. The Labute approximate surface area is 103 Å². The van der Waals surface area contributed by atoms with Gasteiger partial charge in [-0.1, -0.05) is 0 Å². The van der Waals surface area contributed by atoms with E-state index in [1.807, 2.05) is 0 Å². The molecule has 0 aromatic heterocycles. The topological polar surface area (TPSA) is 110 Å². The van der Waals surface area contributed by atoms with Crippen molar-refractivity contribution in [2.75, 3.05) is 31.6 Å². The van der Waals surface area contributed by atoms with Crippen molar-refractivity contribution in [1.29, 1.82) is 0 Å². The second-order valence-electron chi connectivity index (χ2n) is 3.71. The van der Waals surface area contributed by atoms with Gasteiger partial charge in [-0.25, -0.2) is 25.9 Å². The van der Waals surface area contributed by atoms with Crippen LogP contribution in [0, 0.1) is 0 Å². The molecule has 0 aliphatic carbocycles. The molecule has 104 valence electrons. The Balaban J connectivity index is 4.39. The van der Waals surface area contributed by atoms with E-state index in [-0.39, 0.29) is 30.6 Å². The predicted molar refractivity (Wildman–Crippen MR) is 67.5 cm³/mol. The Morgan fingerprint density at radius 2 is 1.82 bits per heavy atom. The fourth-order valence-electron chi connectivity index (χ4n) is 0.995. The van der Waals surface area contributed by atoms with Crippen molar-refractivity contribution in [3.8, 4) is 0 Å². The van der Waals surface area contributed by atoms with Crippen molar-refractivity contribution in [2.45, 2.75) is 19.9 Å². The molecule has 0 bridgehead atoms. The Bertz CT molecular complexity index is 418. The van der Waals surface area contributed by atoms with Crippen LogP contribution < -0.4 is 10.5 Å². The minimum Gasteiger partial charge on any atom is -0.329 e. The molecule has 0 amide bonds. The smallest absolute Gasteiger partial charge is 0.215 e. The van der Waals surface area contributed by atoms with Gasteiger partial charge in [0.05, 0.1) is 11.5 Å². The molecular weight excluding hydrogens is 266 g/mol. The van der Waals surface area contributed by atoms with E-state index in [9.17, 15) is 16.8 Å². The summed E-state index contributed by atoms with van der Waals surface area (Å²) in [6, 6.07) is -0.303. The summed E-state index contributed by atoms with van der Waals surface area (Å²) in [4.78, 5) is 0. The van der Waals surface area contributed by atoms with Gasteiger partial charge < -0.3 is 5.73 Å². The van der Waals surface area contributed by atoms with Gasteiger partial charge in [0.25, 0.3) is 0 Å². The van der Waals surface area contributed by atoms with Crippen LogP contribution >= 0.6 is 0 Å². The van der Waals surface area contributed by atoms with Gasteiger partial charge in [0.1, 0.15) is 0 Å². The SMILES string of the molecule is CCS(=O)(=O)NCCS(=O)(=O)N(C)C(C)CN. The second-order valence-corrected chi connectivity index (χ2v) is 7.96. The van der Waals surface area contributed by atoms with Crippen LogP contribution in [-0.2, 0) is 20.0 Å². The Kier molecular flexibility index (Phi) is 6.56. The quantitative estimate of drug-likeness (QED) is 0.566. The van der Waals surface area contributed by atoms with Crippen molar-refractivity contribution in [1.82, 2.24) is 9.03 Å². The van der Waals surface area contributed by atoms with Gasteiger partial charge in [-0.05, 0) is 13.8 Å². The van der Waals surface area contributed by atoms with Gasteiger partial charge in [-0.3, -0.25) is 0 Å². The number of sulfonamides is 2. The molecule has 7 nitrogen and oxygen atoms in total. The number of rotatable bonds is 8. The lowest BCUT2D eigenvalue weighted by molar-refractivity contribution is 0.394. The summed E-state index contributed by atoms with van der Waals surface area (Å²) in [7, 11) is -5.40. The standard InChI is InChI=1S/C8H21N3O4S2/c1-4-16(12,13)10-5-6-17(14,15)11(3)8(2)7-9/h8,10H,4-7,9H2,1-3H3. The highest BCUT2D eigenvalue weighted by Gasteiger charge is 2.22. The Morgan fingerprint density at radius 1 is 1.29 bits per heavy atom. The molecule has 0 aromatic carbocycles. The van der Waals surface area contributed by atoms with Crippen LogP contribution in [-0.4, -0.2) is 58.8 Å². The maximum atomic E-state index is 11.7. The first-order valence-corrected chi connectivity index (χ1v) is 8.55. The summed E-state index contributed by atoms with van der Waals surface area (Å²) in [6.45, 7) is 3.27. The molecule has 0 aliphatic heterocycles. The molecule has 3 N–H and O–H groups in total. The molecule has 0 aliphatic rings. The maximum Gasteiger partial charge on any atom is 0.215 e. The molecule has 0 saturated heterocycles. The van der Waals surface area contributed by atoms with E-state index in [1.54, 1.807) is 6.92 Å². The summed E-state index contributed by atoms with van der Waals surface area (Å²) in [5.41, 5.74) is 5.37. The molecule has 0 heterocycles. The molecule has 0 saturated carbocycles. The molecule has 0 radical (unpaired) electrons. The van der Waals surface area contributed by atoms with E-state index < -0.39 is 20.0 Å². The van der Waals surface area contributed by atoms with Gasteiger partial charge in [0, 0.05) is 26.2 Å². The second kappa shape index (κ2) is 6.64. The first-order chi connectivity index (χ1) is 7.66. The largest absolute Gasteiger partial charge is 0.329 e. The number of nitrogens with one attached hydrogen (secondary N) is 1. The van der Waals surface area contributed by atoms with Crippen molar-refractivity contribution in [2.24, 2.45) is 5.73 Å².